The fourth-order valence-electron chi connectivity index (χ4n) is 2.41. The Labute approximate surface area is 115 Å². The van der Waals surface area contributed by atoms with Gasteiger partial charge >= 0.3 is 5.97 Å². The zero-order valence-corrected chi connectivity index (χ0v) is 12.0. The molecule has 1 aromatic carbocycles. The molecular formula is C16H23NO2. The molecule has 104 valence electrons. The lowest BCUT2D eigenvalue weighted by Gasteiger charge is -2.22. The molecule has 2 rings (SSSR count). The highest BCUT2D eigenvalue weighted by molar-refractivity contribution is 5.95. The molecule has 0 radical (unpaired) electrons. The molecular weight excluding hydrogens is 238 g/mol. The van der Waals surface area contributed by atoms with E-state index in [-0.39, 0.29) is 5.97 Å². The van der Waals surface area contributed by atoms with Gasteiger partial charge in [0.2, 0.25) is 0 Å². The molecule has 1 N–H and O–H groups in total. The first-order chi connectivity index (χ1) is 8.96. The number of esters is 1. The summed E-state index contributed by atoms with van der Waals surface area (Å²) in [6, 6.07) is 8.09. The minimum absolute atomic E-state index is 0.256. The molecule has 3 nitrogen and oxygen atoms in total. The SMILES string of the molecule is CC(C)(C)OC(=O)c1ccccc1NC1CCCC1. The Morgan fingerprint density at radius 2 is 1.84 bits per heavy atom. The Kier molecular flexibility index (Phi) is 4.13. The van der Waals surface area contributed by atoms with Gasteiger partial charge in [-0.25, -0.2) is 4.79 Å². The van der Waals surface area contributed by atoms with Crippen molar-refractivity contribution in [2.75, 3.05) is 5.32 Å². The van der Waals surface area contributed by atoms with Gasteiger partial charge in [0, 0.05) is 11.7 Å². The molecule has 0 atom stereocenters. The van der Waals surface area contributed by atoms with Crippen molar-refractivity contribution in [2.45, 2.75) is 58.1 Å². The molecule has 0 aromatic heterocycles. The van der Waals surface area contributed by atoms with Crippen LogP contribution in [0, 0.1) is 0 Å². The van der Waals surface area contributed by atoms with Gasteiger partial charge in [-0.05, 0) is 45.7 Å². The van der Waals surface area contributed by atoms with Crippen LogP contribution in [0.2, 0.25) is 0 Å². The monoisotopic (exact) mass is 261 g/mol. The Balaban J connectivity index is 2.13. The van der Waals surface area contributed by atoms with E-state index in [1.165, 1.54) is 25.7 Å². The first-order valence-electron chi connectivity index (χ1n) is 7.04. The number of hydrogen-bond acceptors (Lipinski definition) is 3. The third-order valence-corrected chi connectivity index (χ3v) is 3.26. The molecule has 0 spiro atoms. The molecule has 0 heterocycles. The number of benzene rings is 1. The van der Waals surface area contributed by atoms with E-state index in [9.17, 15) is 4.79 Å². The zero-order chi connectivity index (χ0) is 13.9. The maximum atomic E-state index is 12.2. The van der Waals surface area contributed by atoms with E-state index < -0.39 is 5.60 Å². The topological polar surface area (TPSA) is 38.3 Å². The minimum Gasteiger partial charge on any atom is -0.456 e. The predicted octanol–water partition coefficient (Wildman–Crippen LogP) is 4.00. The predicted molar refractivity (Wildman–Crippen MR) is 77.5 cm³/mol. The lowest BCUT2D eigenvalue weighted by Crippen LogP contribution is -2.25. The van der Waals surface area contributed by atoms with Crippen LogP contribution in [0.5, 0.6) is 0 Å². The highest BCUT2D eigenvalue weighted by Gasteiger charge is 2.22. The average Bonchev–Trinajstić information content (AvgIpc) is 2.80. The van der Waals surface area contributed by atoms with Crippen LogP contribution in [0.25, 0.3) is 0 Å². The molecule has 1 aliphatic carbocycles. The van der Waals surface area contributed by atoms with E-state index in [1.54, 1.807) is 0 Å². The second kappa shape index (κ2) is 5.64. The number of para-hydroxylation sites is 1. The van der Waals surface area contributed by atoms with Gasteiger partial charge in [0.15, 0.2) is 0 Å². The van der Waals surface area contributed by atoms with E-state index in [4.69, 9.17) is 4.74 Å². The van der Waals surface area contributed by atoms with E-state index in [0.29, 0.717) is 11.6 Å². The third-order valence-electron chi connectivity index (χ3n) is 3.26. The van der Waals surface area contributed by atoms with Gasteiger partial charge in [0.1, 0.15) is 5.60 Å². The molecule has 0 aliphatic heterocycles. The summed E-state index contributed by atoms with van der Waals surface area (Å²) in [6.07, 6.45) is 4.91. The largest absolute Gasteiger partial charge is 0.456 e. The van der Waals surface area contributed by atoms with E-state index in [2.05, 4.69) is 5.32 Å². The lowest BCUT2D eigenvalue weighted by molar-refractivity contribution is 0.00707. The number of hydrogen-bond donors (Lipinski definition) is 1. The molecule has 1 aromatic rings. The summed E-state index contributed by atoms with van der Waals surface area (Å²) < 4.78 is 5.45. The second-order valence-electron chi connectivity index (χ2n) is 6.17. The molecule has 1 saturated carbocycles. The van der Waals surface area contributed by atoms with Crippen LogP contribution in [0.1, 0.15) is 56.8 Å². The maximum absolute atomic E-state index is 12.2. The number of ether oxygens (including phenoxy) is 1. The quantitative estimate of drug-likeness (QED) is 0.836. The summed E-state index contributed by atoms with van der Waals surface area (Å²) in [7, 11) is 0. The van der Waals surface area contributed by atoms with Crippen molar-refractivity contribution < 1.29 is 9.53 Å². The average molecular weight is 261 g/mol. The van der Waals surface area contributed by atoms with Gasteiger partial charge in [-0.3, -0.25) is 0 Å². The molecule has 0 amide bonds. The zero-order valence-electron chi connectivity index (χ0n) is 12.0. The number of nitrogens with one attached hydrogen (secondary N) is 1. The van der Waals surface area contributed by atoms with Gasteiger partial charge in [-0.1, -0.05) is 25.0 Å². The van der Waals surface area contributed by atoms with Crippen LogP contribution in [-0.2, 0) is 4.74 Å². The number of carbonyl (C=O) groups excluding carboxylic acids is 1. The molecule has 0 bridgehead atoms. The van der Waals surface area contributed by atoms with Gasteiger partial charge in [-0.15, -0.1) is 0 Å². The summed E-state index contributed by atoms with van der Waals surface area (Å²) >= 11 is 0. The normalized spacial score (nSPS) is 16.4. The molecule has 1 fully saturated rings. The number of rotatable bonds is 3. The fourth-order valence-corrected chi connectivity index (χ4v) is 2.41. The van der Waals surface area contributed by atoms with Crippen molar-refractivity contribution in [2.24, 2.45) is 0 Å². The third kappa shape index (κ3) is 3.98. The van der Waals surface area contributed by atoms with Crippen molar-refractivity contribution in [3.8, 4) is 0 Å². The summed E-state index contributed by atoms with van der Waals surface area (Å²) in [5, 5.41) is 3.48. The molecule has 0 unspecified atom stereocenters. The van der Waals surface area contributed by atoms with Crippen molar-refractivity contribution in [1.29, 1.82) is 0 Å². The Bertz CT molecular complexity index is 442. The van der Waals surface area contributed by atoms with Crippen molar-refractivity contribution in [1.82, 2.24) is 0 Å². The summed E-state index contributed by atoms with van der Waals surface area (Å²) in [6.45, 7) is 5.66. The van der Waals surface area contributed by atoms with Crippen molar-refractivity contribution >= 4 is 11.7 Å². The van der Waals surface area contributed by atoms with Crippen LogP contribution in [-0.4, -0.2) is 17.6 Å². The smallest absolute Gasteiger partial charge is 0.340 e. The van der Waals surface area contributed by atoms with Crippen LogP contribution < -0.4 is 5.32 Å². The summed E-state index contributed by atoms with van der Waals surface area (Å²) in [5.41, 5.74) is 1.06. The van der Waals surface area contributed by atoms with Crippen molar-refractivity contribution in [3.63, 3.8) is 0 Å². The second-order valence-corrected chi connectivity index (χ2v) is 6.17. The van der Waals surface area contributed by atoms with Crippen molar-refractivity contribution in [3.05, 3.63) is 29.8 Å². The first kappa shape index (κ1) is 13.9. The van der Waals surface area contributed by atoms with Crippen LogP contribution >= 0.6 is 0 Å². The van der Waals surface area contributed by atoms with Gasteiger partial charge < -0.3 is 10.1 Å². The van der Waals surface area contributed by atoms with Crippen LogP contribution in [0.3, 0.4) is 0 Å². The van der Waals surface area contributed by atoms with E-state index in [1.807, 2.05) is 45.0 Å². The molecule has 1 aliphatic rings. The maximum Gasteiger partial charge on any atom is 0.340 e. The first-order valence-corrected chi connectivity index (χ1v) is 7.04. The van der Waals surface area contributed by atoms with E-state index in [0.717, 1.165) is 5.69 Å². The van der Waals surface area contributed by atoms with Gasteiger partial charge in [-0.2, -0.15) is 0 Å². The Morgan fingerprint density at radius 1 is 1.21 bits per heavy atom. The minimum atomic E-state index is -0.461. The highest BCUT2D eigenvalue weighted by Crippen LogP contribution is 2.25. The van der Waals surface area contributed by atoms with E-state index >= 15 is 0 Å². The Morgan fingerprint density at radius 3 is 2.47 bits per heavy atom. The number of carbonyl (C=O) groups is 1. The summed E-state index contributed by atoms with van der Waals surface area (Å²) in [5.74, 6) is -0.256. The van der Waals surface area contributed by atoms with Gasteiger partial charge in [0.25, 0.3) is 0 Å². The summed E-state index contributed by atoms with van der Waals surface area (Å²) in [4.78, 5) is 12.2. The molecule has 19 heavy (non-hydrogen) atoms. The standard InChI is InChI=1S/C16H23NO2/c1-16(2,3)19-15(18)13-10-6-7-11-14(13)17-12-8-4-5-9-12/h6-7,10-12,17H,4-5,8-9H2,1-3H3. The highest BCUT2D eigenvalue weighted by atomic mass is 16.6. The fraction of sp³-hybridized carbons (Fsp3) is 0.562. The lowest BCUT2D eigenvalue weighted by atomic mass is 10.1. The number of anilines is 1. The molecule has 3 heteroatoms. The van der Waals surface area contributed by atoms with Crippen LogP contribution in [0.15, 0.2) is 24.3 Å². The van der Waals surface area contributed by atoms with Crippen LogP contribution in [0.4, 0.5) is 5.69 Å². The molecule has 0 saturated heterocycles. The van der Waals surface area contributed by atoms with Gasteiger partial charge in [0.05, 0.1) is 5.56 Å². The Hall–Kier alpha value is -1.51.